The van der Waals surface area contributed by atoms with E-state index in [0.717, 1.165) is 12.5 Å². The molecule has 0 saturated heterocycles. The Morgan fingerprint density at radius 3 is 2.82 bits per heavy atom. The van der Waals surface area contributed by atoms with E-state index in [2.05, 4.69) is 0 Å². The summed E-state index contributed by atoms with van der Waals surface area (Å²) < 4.78 is 4.85. The SMILES string of the molecule is CCCc1cc(=O)cc(O)o1. The van der Waals surface area contributed by atoms with Crippen molar-refractivity contribution in [1.82, 2.24) is 0 Å². The molecular weight excluding hydrogens is 144 g/mol. The van der Waals surface area contributed by atoms with Crippen molar-refractivity contribution >= 4 is 0 Å². The highest BCUT2D eigenvalue weighted by atomic mass is 16.5. The average Bonchev–Trinajstić information content (AvgIpc) is 1.85. The Hall–Kier alpha value is -1.25. The van der Waals surface area contributed by atoms with E-state index in [0.29, 0.717) is 12.2 Å². The van der Waals surface area contributed by atoms with Gasteiger partial charge in [0.05, 0.1) is 6.07 Å². The molecule has 0 bridgehead atoms. The number of hydrogen-bond acceptors (Lipinski definition) is 3. The first-order chi connectivity index (χ1) is 5.22. The number of aryl methyl sites for hydroxylation is 1. The number of rotatable bonds is 2. The Morgan fingerprint density at radius 2 is 2.27 bits per heavy atom. The van der Waals surface area contributed by atoms with Crippen LogP contribution in [0.15, 0.2) is 21.3 Å². The zero-order valence-electron chi connectivity index (χ0n) is 6.33. The van der Waals surface area contributed by atoms with Gasteiger partial charge in [-0.3, -0.25) is 4.79 Å². The molecule has 0 fully saturated rings. The van der Waals surface area contributed by atoms with Crippen molar-refractivity contribution in [3.63, 3.8) is 0 Å². The molecule has 3 heteroatoms. The second kappa shape index (κ2) is 3.23. The Balaban J connectivity index is 2.99. The molecule has 0 unspecified atom stereocenters. The standard InChI is InChI=1S/C8H10O3/c1-2-3-7-4-6(9)5-8(10)11-7/h4-5,10H,2-3H2,1H3. The highest BCUT2D eigenvalue weighted by Crippen LogP contribution is 2.08. The molecule has 0 radical (unpaired) electrons. The summed E-state index contributed by atoms with van der Waals surface area (Å²) in [5.41, 5.74) is -0.211. The molecule has 0 saturated carbocycles. The van der Waals surface area contributed by atoms with Gasteiger partial charge < -0.3 is 9.52 Å². The van der Waals surface area contributed by atoms with Gasteiger partial charge in [0.1, 0.15) is 5.76 Å². The van der Waals surface area contributed by atoms with Crippen molar-refractivity contribution < 1.29 is 9.52 Å². The molecule has 1 aromatic rings. The zero-order chi connectivity index (χ0) is 8.27. The molecule has 3 nitrogen and oxygen atoms in total. The number of aromatic hydroxyl groups is 1. The molecule has 1 N–H and O–H groups in total. The van der Waals surface area contributed by atoms with Gasteiger partial charge in [0.15, 0.2) is 5.43 Å². The summed E-state index contributed by atoms with van der Waals surface area (Å²) in [4.78, 5) is 10.8. The van der Waals surface area contributed by atoms with Crippen LogP contribution in [0.25, 0.3) is 0 Å². The summed E-state index contributed by atoms with van der Waals surface area (Å²) in [6.45, 7) is 1.98. The third-order valence-electron chi connectivity index (χ3n) is 1.30. The van der Waals surface area contributed by atoms with Crippen LogP contribution < -0.4 is 5.43 Å². The third-order valence-corrected chi connectivity index (χ3v) is 1.30. The van der Waals surface area contributed by atoms with E-state index >= 15 is 0 Å². The summed E-state index contributed by atoms with van der Waals surface area (Å²) >= 11 is 0. The van der Waals surface area contributed by atoms with Crippen LogP contribution in [-0.4, -0.2) is 5.11 Å². The summed E-state index contributed by atoms with van der Waals surface area (Å²) in [7, 11) is 0. The van der Waals surface area contributed by atoms with E-state index < -0.39 is 0 Å². The molecule has 1 heterocycles. The predicted octanol–water partition coefficient (Wildman–Crippen LogP) is 1.30. The lowest BCUT2D eigenvalue weighted by Gasteiger charge is -1.96. The third kappa shape index (κ3) is 2.11. The highest BCUT2D eigenvalue weighted by molar-refractivity contribution is 5.08. The van der Waals surface area contributed by atoms with E-state index in [1.165, 1.54) is 6.07 Å². The molecule has 0 amide bonds. The van der Waals surface area contributed by atoms with Gasteiger partial charge in [0.2, 0.25) is 0 Å². The van der Waals surface area contributed by atoms with Gasteiger partial charge in [-0.2, -0.15) is 0 Å². The van der Waals surface area contributed by atoms with Crippen LogP contribution in [0.3, 0.4) is 0 Å². The van der Waals surface area contributed by atoms with Gasteiger partial charge >= 0.3 is 0 Å². The highest BCUT2D eigenvalue weighted by Gasteiger charge is 1.98. The Bertz CT molecular complexity index is 288. The van der Waals surface area contributed by atoms with E-state index in [-0.39, 0.29) is 11.4 Å². The van der Waals surface area contributed by atoms with Crippen LogP contribution >= 0.6 is 0 Å². The van der Waals surface area contributed by atoms with Gasteiger partial charge in [0, 0.05) is 12.5 Å². The van der Waals surface area contributed by atoms with Gasteiger partial charge in [-0.15, -0.1) is 0 Å². The van der Waals surface area contributed by atoms with Crippen LogP contribution in [0.5, 0.6) is 5.95 Å². The maximum atomic E-state index is 10.8. The molecule has 1 aromatic heterocycles. The van der Waals surface area contributed by atoms with Crippen molar-refractivity contribution in [2.75, 3.05) is 0 Å². The van der Waals surface area contributed by atoms with E-state index in [1.54, 1.807) is 0 Å². The fourth-order valence-electron chi connectivity index (χ4n) is 0.885. The largest absolute Gasteiger partial charge is 0.481 e. The minimum absolute atomic E-state index is 0.211. The predicted molar refractivity (Wildman–Crippen MR) is 40.6 cm³/mol. The first kappa shape index (κ1) is 7.85. The molecule has 0 aliphatic rings. The second-order valence-electron chi connectivity index (χ2n) is 2.35. The minimum Gasteiger partial charge on any atom is -0.481 e. The lowest BCUT2D eigenvalue weighted by atomic mass is 10.2. The van der Waals surface area contributed by atoms with Crippen molar-refractivity contribution in [3.05, 3.63) is 28.1 Å². The molecular formula is C8H10O3. The van der Waals surface area contributed by atoms with Crippen molar-refractivity contribution in [2.24, 2.45) is 0 Å². The molecule has 0 aromatic carbocycles. The van der Waals surface area contributed by atoms with Crippen LogP contribution in [-0.2, 0) is 6.42 Å². The Kier molecular flexibility index (Phi) is 2.31. The molecule has 0 spiro atoms. The molecule has 0 aliphatic carbocycles. The Labute approximate surface area is 64.3 Å². The minimum atomic E-state index is -0.305. The fourth-order valence-corrected chi connectivity index (χ4v) is 0.885. The Morgan fingerprint density at radius 1 is 1.55 bits per heavy atom. The topological polar surface area (TPSA) is 50.4 Å². The second-order valence-corrected chi connectivity index (χ2v) is 2.35. The lowest BCUT2D eigenvalue weighted by molar-refractivity contribution is 0.306. The monoisotopic (exact) mass is 154 g/mol. The molecule has 0 atom stereocenters. The van der Waals surface area contributed by atoms with Gasteiger partial charge in [-0.1, -0.05) is 6.92 Å². The molecule has 1 rings (SSSR count). The fraction of sp³-hybridized carbons (Fsp3) is 0.375. The van der Waals surface area contributed by atoms with E-state index in [1.807, 2.05) is 6.92 Å². The quantitative estimate of drug-likeness (QED) is 0.698. The van der Waals surface area contributed by atoms with Crippen molar-refractivity contribution in [2.45, 2.75) is 19.8 Å². The van der Waals surface area contributed by atoms with E-state index in [9.17, 15) is 4.79 Å². The van der Waals surface area contributed by atoms with E-state index in [4.69, 9.17) is 9.52 Å². The summed E-state index contributed by atoms with van der Waals surface area (Å²) in [5, 5.41) is 8.85. The van der Waals surface area contributed by atoms with Crippen LogP contribution in [0.2, 0.25) is 0 Å². The summed E-state index contributed by atoms with van der Waals surface area (Å²) in [6, 6.07) is 2.45. The molecule has 0 aliphatic heterocycles. The first-order valence-corrected chi connectivity index (χ1v) is 3.55. The summed E-state index contributed by atoms with van der Waals surface area (Å²) in [6.07, 6.45) is 1.58. The van der Waals surface area contributed by atoms with Crippen LogP contribution in [0.4, 0.5) is 0 Å². The van der Waals surface area contributed by atoms with Crippen LogP contribution in [0.1, 0.15) is 19.1 Å². The van der Waals surface area contributed by atoms with Crippen LogP contribution in [0, 0.1) is 0 Å². The average molecular weight is 154 g/mol. The van der Waals surface area contributed by atoms with Gasteiger partial charge in [-0.05, 0) is 6.42 Å². The molecule has 11 heavy (non-hydrogen) atoms. The van der Waals surface area contributed by atoms with Crippen molar-refractivity contribution in [1.29, 1.82) is 0 Å². The van der Waals surface area contributed by atoms with Gasteiger partial charge in [-0.25, -0.2) is 0 Å². The first-order valence-electron chi connectivity index (χ1n) is 3.55. The summed E-state index contributed by atoms with van der Waals surface area (Å²) in [5.74, 6) is 0.235. The maximum absolute atomic E-state index is 10.8. The molecule has 60 valence electrons. The maximum Gasteiger partial charge on any atom is 0.285 e. The normalized spacial score (nSPS) is 9.91. The number of hydrogen-bond donors (Lipinski definition) is 1. The zero-order valence-corrected chi connectivity index (χ0v) is 6.33. The van der Waals surface area contributed by atoms with Crippen molar-refractivity contribution in [3.8, 4) is 5.95 Å². The smallest absolute Gasteiger partial charge is 0.285 e. The lowest BCUT2D eigenvalue weighted by Crippen LogP contribution is -1.98. The van der Waals surface area contributed by atoms with Gasteiger partial charge in [0.25, 0.3) is 5.95 Å².